The maximum atomic E-state index is 12.2. The molecule has 0 heterocycles. The molecule has 2 aromatic rings. The van der Waals surface area contributed by atoms with Crippen LogP contribution in [-0.4, -0.2) is 18.2 Å². The number of hydrogen-bond acceptors (Lipinski definition) is 3. The van der Waals surface area contributed by atoms with Crippen molar-refractivity contribution in [2.45, 2.75) is 53.4 Å². The SMILES string of the molecule is CC(/C=C/C=C/c1ccccc1)=N/NC(=O)COc1c(Br)cc(C(C)(C)CC(C)(C)C)cc1Br. The minimum atomic E-state index is -0.330. The molecule has 182 valence electrons. The standard InChI is InChI=1S/C28H34Br2N2O2/c1-20(12-10-11-15-21-13-8-7-9-14-21)31-32-25(33)18-34-26-23(29)16-22(17-24(26)30)28(5,6)19-27(2,3)4/h7-17H,18-19H2,1-6H3,(H,32,33)/b12-10+,15-11+,31-20-. The Balaban J connectivity index is 1.92. The Labute approximate surface area is 220 Å². The quantitative estimate of drug-likeness (QED) is 0.183. The number of nitrogens with zero attached hydrogens (tertiary/aromatic N) is 1. The van der Waals surface area contributed by atoms with E-state index in [-0.39, 0.29) is 23.3 Å². The Morgan fingerprint density at radius 2 is 1.65 bits per heavy atom. The predicted molar refractivity (Wildman–Crippen MR) is 150 cm³/mol. The second-order valence-corrected chi connectivity index (χ2v) is 11.8. The summed E-state index contributed by atoms with van der Waals surface area (Å²) in [6, 6.07) is 14.2. The molecule has 0 spiro atoms. The number of benzene rings is 2. The lowest BCUT2D eigenvalue weighted by Crippen LogP contribution is -2.26. The summed E-state index contributed by atoms with van der Waals surface area (Å²) in [7, 11) is 0. The van der Waals surface area contributed by atoms with Crippen LogP contribution < -0.4 is 10.2 Å². The summed E-state index contributed by atoms with van der Waals surface area (Å²) in [5, 5.41) is 4.10. The molecule has 0 aliphatic carbocycles. The van der Waals surface area contributed by atoms with E-state index in [4.69, 9.17) is 4.74 Å². The maximum Gasteiger partial charge on any atom is 0.277 e. The van der Waals surface area contributed by atoms with Gasteiger partial charge in [0, 0.05) is 0 Å². The Morgan fingerprint density at radius 3 is 2.24 bits per heavy atom. The largest absolute Gasteiger partial charge is 0.481 e. The van der Waals surface area contributed by atoms with E-state index in [0.29, 0.717) is 11.5 Å². The minimum Gasteiger partial charge on any atom is -0.481 e. The molecule has 1 N–H and O–H groups in total. The lowest BCUT2D eigenvalue weighted by Gasteiger charge is -2.33. The smallest absolute Gasteiger partial charge is 0.277 e. The number of halogens is 2. The normalized spacial score (nSPS) is 13.0. The van der Waals surface area contributed by atoms with Crippen molar-refractivity contribution in [1.82, 2.24) is 5.43 Å². The van der Waals surface area contributed by atoms with Gasteiger partial charge in [-0.1, -0.05) is 83.2 Å². The van der Waals surface area contributed by atoms with Crippen molar-refractivity contribution in [1.29, 1.82) is 0 Å². The van der Waals surface area contributed by atoms with Crippen molar-refractivity contribution >= 4 is 49.6 Å². The molecule has 0 aromatic heterocycles. The third-order valence-electron chi connectivity index (χ3n) is 4.99. The van der Waals surface area contributed by atoms with E-state index in [1.807, 2.05) is 61.6 Å². The van der Waals surface area contributed by atoms with E-state index >= 15 is 0 Å². The van der Waals surface area contributed by atoms with E-state index < -0.39 is 0 Å². The van der Waals surface area contributed by atoms with Crippen LogP contribution in [0.5, 0.6) is 5.75 Å². The average Bonchev–Trinajstić information content (AvgIpc) is 2.73. The number of nitrogens with one attached hydrogen (secondary N) is 1. The topological polar surface area (TPSA) is 50.7 Å². The van der Waals surface area contributed by atoms with Gasteiger partial charge in [0.25, 0.3) is 5.91 Å². The van der Waals surface area contributed by atoms with Gasteiger partial charge in [0.1, 0.15) is 5.75 Å². The summed E-state index contributed by atoms with van der Waals surface area (Å²) in [6.45, 7) is 12.9. The zero-order valence-electron chi connectivity index (χ0n) is 20.8. The molecule has 0 saturated heterocycles. The molecule has 0 fully saturated rings. The van der Waals surface area contributed by atoms with Crippen molar-refractivity contribution in [3.05, 3.63) is 80.8 Å². The molecular formula is C28H34Br2N2O2. The Hall–Kier alpha value is -2.18. The van der Waals surface area contributed by atoms with Crippen LogP contribution in [0.1, 0.15) is 59.1 Å². The van der Waals surface area contributed by atoms with Gasteiger partial charge in [-0.05, 0) is 85.4 Å². The number of rotatable bonds is 9. The van der Waals surface area contributed by atoms with Crippen LogP contribution in [0.15, 0.2) is 74.7 Å². The van der Waals surface area contributed by atoms with Gasteiger partial charge >= 0.3 is 0 Å². The summed E-state index contributed by atoms with van der Waals surface area (Å²) >= 11 is 7.21. The van der Waals surface area contributed by atoms with Crippen LogP contribution >= 0.6 is 31.9 Å². The van der Waals surface area contributed by atoms with Gasteiger partial charge in [-0.25, -0.2) is 5.43 Å². The van der Waals surface area contributed by atoms with Gasteiger partial charge in [0.15, 0.2) is 6.61 Å². The lowest BCUT2D eigenvalue weighted by molar-refractivity contribution is -0.123. The third-order valence-corrected chi connectivity index (χ3v) is 6.17. The van der Waals surface area contributed by atoms with Gasteiger partial charge < -0.3 is 4.74 Å². The molecule has 0 bridgehead atoms. The van der Waals surface area contributed by atoms with Crippen molar-refractivity contribution in [3.8, 4) is 5.75 Å². The fraction of sp³-hybridized carbons (Fsp3) is 0.357. The van der Waals surface area contributed by atoms with Gasteiger partial charge in [-0.3, -0.25) is 4.79 Å². The third kappa shape index (κ3) is 9.59. The fourth-order valence-electron chi connectivity index (χ4n) is 3.80. The van der Waals surface area contributed by atoms with Gasteiger partial charge in [0.2, 0.25) is 0 Å². The van der Waals surface area contributed by atoms with E-state index in [0.717, 1.165) is 20.9 Å². The highest BCUT2D eigenvalue weighted by atomic mass is 79.9. The highest BCUT2D eigenvalue weighted by Gasteiger charge is 2.28. The molecule has 4 nitrogen and oxygen atoms in total. The van der Waals surface area contributed by atoms with Gasteiger partial charge in [0.05, 0.1) is 14.7 Å². The molecule has 0 unspecified atom stereocenters. The minimum absolute atomic E-state index is 0.00472. The molecule has 0 saturated carbocycles. The first-order valence-electron chi connectivity index (χ1n) is 11.2. The number of amides is 1. The van der Waals surface area contributed by atoms with Crippen molar-refractivity contribution in [2.75, 3.05) is 6.61 Å². The maximum absolute atomic E-state index is 12.2. The number of carbonyl (C=O) groups excluding carboxylic acids is 1. The highest BCUT2D eigenvalue weighted by molar-refractivity contribution is 9.11. The Kier molecular flexibility index (Phi) is 10.3. The van der Waals surface area contributed by atoms with E-state index in [1.54, 1.807) is 0 Å². The number of allylic oxidation sites excluding steroid dienone is 3. The monoisotopic (exact) mass is 588 g/mol. The summed E-state index contributed by atoms with van der Waals surface area (Å²) < 4.78 is 7.38. The Bertz CT molecular complexity index is 1040. The summed E-state index contributed by atoms with van der Waals surface area (Å²) in [4.78, 5) is 12.2. The van der Waals surface area contributed by atoms with E-state index in [1.165, 1.54) is 5.56 Å². The Morgan fingerprint density at radius 1 is 1.03 bits per heavy atom. The molecule has 0 aliphatic heterocycles. The molecule has 0 atom stereocenters. The number of carbonyl (C=O) groups is 1. The van der Waals surface area contributed by atoms with Crippen LogP contribution in [0.2, 0.25) is 0 Å². The van der Waals surface area contributed by atoms with Gasteiger partial charge in [-0.2, -0.15) is 5.10 Å². The zero-order valence-corrected chi connectivity index (χ0v) is 24.0. The van der Waals surface area contributed by atoms with Crippen molar-refractivity contribution in [3.63, 3.8) is 0 Å². The second-order valence-electron chi connectivity index (χ2n) is 10.1. The number of hydrogen-bond donors (Lipinski definition) is 1. The first-order chi connectivity index (χ1) is 15.9. The summed E-state index contributed by atoms with van der Waals surface area (Å²) in [5.74, 6) is 0.264. The van der Waals surface area contributed by atoms with Crippen molar-refractivity contribution in [2.24, 2.45) is 10.5 Å². The number of ether oxygens (including phenoxy) is 1. The molecule has 34 heavy (non-hydrogen) atoms. The van der Waals surface area contributed by atoms with Crippen molar-refractivity contribution < 1.29 is 9.53 Å². The zero-order chi connectivity index (χ0) is 25.4. The molecule has 6 heteroatoms. The van der Waals surface area contributed by atoms with Gasteiger partial charge in [-0.15, -0.1) is 0 Å². The predicted octanol–water partition coefficient (Wildman–Crippen LogP) is 8.07. The summed E-state index contributed by atoms with van der Waals surface area (Å²) in [6.07, 6.45) is 8.68. The van der Waals surface area contributed by atoms with E-state index in [2.05, 4.69) is 89.1 Å². The fourth-order valence-corrected chi connectivity index (χ4v) is 5.22. The van der Waals surface area contributed by atoms with E-state index in [9.17, 15) is 4.79 Å². The molecule has 0 aliphatic rings. The molecule has 0 radical (unpaired) electrons. The molecule has 2 rings (SSSR count). The highest BCUT2D eigenvalue weighted by Crippen LogP contribution is 2.42. The van der Waals surface area contributed by atoms with Crippen LogP contribution in [-0.2, 0) is 10.2 Å². The lowest BCUT2D eigenvalue weighted by atomic mass is 9.72. The second kappa shape index (κ2) is 12.5. The van der Waals surface area contributed by atoms with Crippen LogP contribution in [0, 0.1) is 5.41 Å². The molecule has 2 aromatic carbocycles. The molecular weight excluding hydrogens is 556 g/mol. The first-order valence-corrected chi connectivity index (χ1v) is 12.8. The summed E-state index contributed by atoms with van der Waals surface area (Å²) in [5.41, 5.74) is 5.74. The first kappa shape index (κ1) is 28.1. The molecule has 1 amide bonds. The number of hydrazone groups is 1. The average molecular weight is 590 g/mol. The van der Waals surface area contributed by atoms with Crippen LogP contribution in [0.4, 0.5) is 0 Å². The van der Waals surface area contributed by atoms with Crippen LogP contribution in [0.3, 0.4) is 0 Å². The van der Waals surface area contributed by atoms with Crippen LogP contribution in [0.25, 0.3) is 6.08 Å².